The van der Waals surface area contributed by atoms with Crippen LogP contribution in [0, 0.1) is 0 Å². The molecule has 7 heteroatoms. The molecule has 130 valence electrons. The van der Waals surface area contributed by atoms with Crippen molar-refractivity contribution in [3.05, 3.63) is 63.6 Å². The van der Waals surface area contributed by atoms with Crippen LogP contribution in [0.3, 0.4) is 0 Å². The molecule has 2 aromatic rings. The summed E-state index contributed by atoms with van der Waals surface area (Å²) in [4.78, 5) is 23.4. The normalized spacial score (nSPS) is 10.6. The first-order valence-corrected chi connectivity index (χ1v) is 7.90. The number of hydrogen-bond acceptors (Lipinski definition) is 4. The van der Waals surface area contributed by atoms with E-state index in [1.807, 2.05) is 0 Å². The second-order valence-electron chi connectivity index (χ2n) is 4.90. The lowest BCUT2D eigenvalue weighted by atomic mass is 10.1. The van der Waals surface area contributed by atoms with Gasteiger partial charge in [0.1, 0.15) is 5.75 Å². The number of halogens is 2. The lowest BCUT2D eigenvalue weighted by Gasteiger charge is -2.08. The van der Waals surface area contributed by atoms with Crippen LogP contribution in [0.1, 0.15) is 15.9 Å². The van der Waals surface area contributed by atoms with Crippen LogP contribution >= 0.6 is 23.2 Å². The molecule has 1 N–H and O–H groups in total. The predicted molar refractivity (Wildman–Crippen MR) is 98.5 cm³/mol. The van der Waals surface area contributed by atoms with Crippen LogP contribution in [0.5, 0.6) is 5.75 Å². The van der Waals surface area contributed by atoms with Crippen molar-refractivity contribution in [2.45, 2.75) is 0 Å². The minimum atomic E-state index is -0.442. The van der Waals surface area contributed by atoms with E-state index < -0.39 is 5.97 Å². The van der Waals surface area contributed by atoms with Gasteiger partial charge in [-0.1, -0.05) is 23.2 Å². The number of ether oxygens (including phenoxy) is 2. The second kappa shape index (κ2) is 8.55. The lowest BCUT2D eigenvalue weighted by Crippen LogP contribution is -2.08. The monoisotopic (exact) mass is 379 g/mol. The quantitative estimate of drug-likeness (QED) is 0.615. The fourth-order valence-corrected chi connectivity index (χ4v) is 2.66. The highest BCUT2D eigenvalue weighted by Gasteiger charge is 2.08. The van der Waals surface area contributed by atoms with Gasteiger partial charge in [-0.2, -0.15) is 0 Å². The van der Waals surface area contributed by atoms with Gasteiger partial charge in [0, 0.05) is 22.3 Å². The molecule has 0 bridgehead atoms. The first-order chi connectivity index (χ1) is 11.9. The van der Waals surface area contributed by atoms with Gasteiger partial charge >= 0.3 is 5.97 Å². The topological polar surface area (TPSA) is 64.6 Å². The number of benzene rings is 2. The Labute approximate surface area is 155 Å². The zero-order valence-electron chi connectivity index (χ0n) is 13.5. The third-order valence-electron chi connectivity index (χ3n) is 3.23. The smallest absolute Gasteiger partial charge is 0.337 e. The van der Waals surface area contributed by atoms with E-state index in [0.717, 1.165) is 0 Å². The molecular formula is C18H15Cl2NO4. The van der Waals surface area contributed by atoms with Gasteiger partial charge in [0.05, 0.1) is 24.8 Å². The van der Waals surface area contributed by atoms with Crippen LogP contribution in [-0.4, -0.2) is 26.1 Å². The van der Waals surface area contributed by atoms with Crippen molar-refractivity contribution in [3.63, 3.8) is 0 Å². The number of hydrogen-bond donors (Lipinski definition) is 1. The van der Waals surface area contributed by atoms with E-state index in [1.54, 1.807) is 42.5 Å². The van der Waals surface area contributed by atoms with E-state index in [-0.39, 0.29) is 5.91 Å². The molecule has 0 aliphatic carbocycles. The van der Waals surface area contributed by atoms with Crippen LogP contribution in [0.4, 0.5) is 5.69 Å². The van der Waals surface area contributed by atoms with Gasteiger partial charge in [0.25, 0.3) is 0 Å². The molecule has 0 unspecified atom stereocenters. The summed E-state index contributed by atoms with van der Waals surface area (Å²) in [5, 5.41) is 3.47. The number of methoxy groups -OCH3 is 2. The van der Waals surface area contributed by atoms with Crippen LogP contribution in [0.25, 0.3) is 6.08 Å². The molecule has 0 fully saturated rings. The predicted octanol–water partition coefficient (Wildman–Crippen LogP) is 4.44. The Balaban J connectivity index is 2.10. The fourth-order valence-electron chi connectivity index (χ4n) is 2.08. The molecule has 1 amide bonds. The SMILES string of the molecule is COC(=O)c1ccc(NC(=O)/C=C/c2cc(Cl)cc(Cl)c2OC)cc1. The molecule has 2 aromatic carbocycles. The molecule has 25 heavy (non-hydrogen) atoms. The molecule has 0 radical (unpaired) electrons. The number of carbonyl (C=O) groups excluding carboxylic acids is 2. The first kappa shape index (κ1) is 18.8. The Hall–Kier alpha value is -2.50. The Morgan fingerprint density at radius 3 is 2.36 bits per heavy atom. The summed E-state index contributed by atoms with van der Waals surface area (Å²) in [5.41, 5.74) is 1.52. The van der Waals surface area contributed by atoms with Gasteiger partial charge in [-0.25, -0.2) is 4.79 Å². The lowest BCUT2D eigenvalue weighted by molar-refractivity contribution is -0.111. The van der Waals surface area contributed by atoms with E-state index in [2.05, 4.69) is 10.1 Å². The Bertz CT molecular complexity index is 817. The summed E-state index contributed by atoms with van der Waals surface area (Å²) in [7, 11) is 2.79. The van der Waals surface area contributed by atoms with E-state index in [4.69, 9.17) is 27.9 Å². The molecule has 0 aliphatic heterocycles. The third kappa shape index (κ3) is 4.98. The maximum absolute atomic E-state index is 12.0. The van der Waals surface area contributed by atoms with Gasteiger partial charge in [0.2, 0.25) is 5.91 Å². The van der Waals surface area contributed by atoms with Crippen LogP contribution in [-0.2, 0) is 9.53 Å². The van der Waals surface area contributed by atoms with Crippen molar-refractivity contribution in [3.8, 4) is 5.75 Å². The average molecular weight is 380 g/mol. The molecule has 0 aliphatic rings. The van der Waals surface area contributed by atoms with Crippen LogP contribution in [0.2, 0.25) is 10.0 Å². The van der Waals surface area contributed by atoms with Gasteiger partial charge < -0.3 is 14.8 Å². The van der Waals surface area contributed by atoms with E-state index >= 15 is 0 Å². The van der Waals surface area contributed by atoms with E-state index in [1.165, 1.54) is 20.3 Å². The zero-order valence-corrected chi connectivity index (χ0v) is 15.0. The number of esters is 1. The van der Waals surface area contributed by atoms with Crippen LogP contribution < -0.4 is 10.1 Å². The number of rotatable bonds is 5. The van der Waals surface area contributed by atoms with Gasteiger partial charge in [-0.05, 0) is 42.5 Å². The fraction of sp³-hybridized carbons (Fsp3) is 0.111. The van der Waals surface area contributed by atoms with Crippen molar-refractivity contribution in [1.29, 1.82) is 0 Å². The van der Waals surface area contributed by atoms with Gasteiger partial charge in [0.15, 0.2) is 0 Å². The summed E-state index contributed by atoms with van der Waals surface area (Å²) in [5.74, 6) is -0.371. The highest BCUT2D eigenvalue weighted by atomic mass is 35.5. The Morgan fingerprint density at radius 1 is 1.08 bits per heavy atom. The molecule has 0 saturated carbocycles. The average Bonchev–Trinajstić information content (AvgIpc) is 2.59. The number of carbonyl (C=O) groups is 2. The van der Waals surface area contributed by atoms with E-state index in [0.29, 0.717) is 32.6 Å². The standard InChI is InChI=1S/C18H15Cl2NO4/c1-24-17-12(9-13(19)10-15(17)20)5-8-16(22)21-14-6-3-11(4-7-14)18(23)25-2/h3-10H,1-2H3,(H,21,22)/b8-5+. The van der Waals surface area contributed by atoms with Crippen LogP contribution in [0.15, 0.2) is 42.5 Å². The maximum Gasteiger partial charge on any atom is 0.337 e. The summed E-state index contributed by atoms with van der Waals surface area (Å²) < 4.78 is 9.83. The molecule has 0 heterocycles. The largest absolute Gasteiger partial charge is 0.495 e. The van der Waals surface area contributed by atoms with Crippen molar-refractivity contribution in [2.24, 2.45) is 0 Å². The highest BCUT2D eigenvalue weighted by Crippen LogP contribution is 2.32. The zero-order chi connectivity index (χ0) is 18.4. The summed E-state index contributed by atoms with van der Waals surface area (Å²) in [6.07, 6.45) is 2.88. The molecule has 0 spiro atoms. The minimum Gasteiger partial charge on any atom is -0.495 e. The molecule has 0 saturated heterocycles. The van der Waals surface area contributed by atoms with Crippen molar-refractivity contribution >= 4 is 46.8 Å². The van der Waals surface area contributed by atoms with Gasteiger partial charge in [-0.3, -0.25) is 4.79 Å². The summed E-state index contributed by atoms with van der Waals surface area (Å²) in [6.45, 7) is 0. The molecule has 2 rings (SSSR count). The second-order valence-corrected chi connectivity index (χ2v) is 5.75. The number of anilines is 1. The Morgan fingerprint density at radius 2 is 1.76 bits per heavy atom. The van der Waals surface area contributed by atoms with E-state index in [9.17, 15) is 9.59 Å². The summed E-state index contributed by atoms with van der Waals surface area (Å²) in [6, 6.07) is 9.53. The third-order valence-corrected chi connectivity index (χ3v) is 3.73. The highest BCUT2D eigenvalue weighted by molar-refractivity contribution is 6.36. The maximum atomic E-state index is 12.0. The molecular weight excluding hydrogens is 365 g/mol. The van der Waals surface area contributed by atoms with Crippen molar-refractivity contribution in [1.82, 2.24) is 0 Å². The summed E-state index contributed by atoms with van der Waals surface area (Å²) >= 11 is 12.0. The van der Waals surface area contributed by atoms with Crippen molar-refractivity contribution in [2.75, 3.05) is 19.5 Å². The Kier molecular flexibility index (Phi) is 6.44. The number of nitrogens with one attached hydrogen (secondary N) is 1. The first-order valence-electron chi connectivity index (χ1n) is 7.15. The number of amides is 1. The molecule has 0 aromatic heterocycles. The molecule has 5 nitrogen and oxygen atoms in total. The van der Waals surface area contributed by atoms with Gasteiger partial charge in [-0.15, -0.1) is 0 Å². The van der Waals surface area contributed by atoms with Crippen molar-refractivity contribution < 1.29 is 19.1 Å². The molecule has 0 atom stereocenters. The minimum absolute atomic E-state index is 0.355.